The molecule has 0 aliphatic carbocycles. The monoisotopic (exact) mass is 375 g/mol. The van der Waals surface area contributed by atoms with Crippen molar-refractivity contribution in [3.05, 3.63) is 42.4 Å². The summed E-state index contributed by atoms with van der Waals surface area (Å²) < 4.78 is 1.97. The maximum absolute atomic E-state index is 4.13. The van der Waals surface area contributed by atoms with Gasteiger partial charge >= 0.3 is 0 Å². The van der Waals surface area contributed by atoms with E-state index in [1.54, 1.807) is 0 Å². The van der Waals surface area contributed by atoms with Gasteiger partial charge in [0.05, 0.1) is 5.65 Å². The van der Waals surface area contributed by atoms with Crippen LogP contribution in [-0.2, 0) is 20.1 Å². The molecule has 3 nitrogen and oxygen atoms in total. The van der Waals surface area contributed by atoms with Crippen molar-refractivity contribution in [3.8, 4) is 0 Å². The van der Waals surface area contributed by atoms with Gasteiger partial charge in [-0.25, -0.2) is 0 Å². The van der Waals surface area contributed by atoms with E-state index in [0.717, 1.165) is 22.2 Å². The molecular weight excluding hydrogens is 366 g/mol. The summed E-state index contributed by atoms with van der Waals surface area (Å²) in [6, 6.07) is 11.2. The van der Waals surface area contributed by atoms with Crippen LogP contribution in [0, 0.1) is 13.0 Å². The molecule has 0 amide bonds. The number of aryl methyl sites for hydroxylation is 1. The number of benzene rings is 1. The Hall–Kier alpha value is -1.25. The van der Waals surface area contributed by atoms with Gasteiger partial charge in [0.1, 0.15) is 5.82 Å². The summed E-state index contributed by atoms with van der Waals surface area (Å²) in [7, 11) is 0. The molecule has 0 unspecified atom stereocenters. The van der Waals surface area contributed by atoms with Crippen molar-refractivity contribution in [2.24, 2.45) is 0 Å². The standard InChI is InChI=1S/C11H8N3.Ir/c1-8-12-13-11-10-5-3-2-4-9(10)6-7-14(8)11;/h2-4,6-7H,1H3;/q-1;. The Kier molecular flexibility index (Phi) is 2.55. The molecule has 0 fully saturated rings. The van der Waals surface area contributed by atoms with E-state index in [4.69, 9.17) is 0 Å². The molecule has 3 aromatic rings. The summed E-state index contributed by atoms with van der Waals surface area (Å²) in [4.78, 5) is 0. The van der Waals surface area contributed by atoms with Gasteiger partial charge in [0.2, 0.25) is 0 Å². The molecule has 4 heteroatoms. The van der Waals surface area contributed by atoms with Crippen molar-refractivity contribution < 1.29 is 20.1 Å². The second-order valence-corrected chi connectivity index (χ2v) is 3.26. The number of aromatic nitrogens is 3. The molecular formula is C11H8IrN3-. The van der Waals surface area contributed by atoms with E-state index in [1.807, 2.05) is 29.7 Å². The number of hydrogen-bond acceptors (Lipinski definition) is 2. The quantitative estimate of drug-likeness (QED) is 0.564. The van der Waals surface area contributed by atoms with Crippen molar-refractivity contribution in [3.63, 3.8) is 0 Å². The molecule has 3 rings (SSSR count). The Labute approximate surface area is 100 Å². The van der Waals surface area contributed by atoms with Crippen molar-refractivity contribution >= 4 is 16.4 Å². The van der Waals surface area contributed by atoms with Crippen LogP contribution in [0.5, 0.6) is 0 Å². The van der Waals surface area contributed by atoms with Crippen molar-refractivity contribution in [2.45, 2.75) is 6.92 Å². The van der Waals surface area contributed by atoms with Gasteiger partial charge in [0.15, 0.2) is 0 Å². The first-order chi connectivity index (χ1) is 6.86. The minimum absolute atomic E-state index is 0. The van der Waals surface area contributed by atoms with Crippen molar-refractivity contribution in [1.29, 1.82) is 0 Å². The van der Waals surface area contributed by atoms with Crippen LogP contribution in [-0.4, -0.2) is 14.6 Å². The third-order valence-corrected chi connectivity index (χ3v) is 2.38. The number of fused-ring (bicyclic) bond motifs is 3. The van der Waals surface area contributed by atoms with Gasteiger partial charge in [0.25, 0.3) is 0 Å². The van der Waals surface area contributed by atoms with Gasteiger partial charge in [-0.15, -0.1) is 34.8 Å². The van der Waals surface area contributed by atoms with E-state index in [2.05, 4.69) is 28.4 Å². The minimum atomic E-state index is 0. The molecule has 0 spiro atoms. The summed E-state index contributed by atoms with van der Waals surface area (Å²) >= 11 is 0. The minimum Gasteiger partial charge on any atom is -0.328 e. The third kappa shape index (κ3) is 1.46. The zero-order valence-corrected chi connectivity index (χ0v) is 10.5. The van der Waals surface area contributed by atoms with Gasteiger partial charge in [-0.3, -0.25) is 0 Å². The van der Waals surface area contributed by atoms with E-state index in [-0.39, 0.29) is 20.1 Å². The van der Waals surface area contributed by atoms with Gasteiger partial charge in [0, 0.05) is 20.1 Å². The average molecular weight is 374 g/mol. The molecule has 2 aromatic heterocycles. The first-order valence-electron chi connectivity index (χ1n) is 4.47. The van der Waals surface area contributed by atoms with Gasteiger partial charge in [-0.1, -0.05) is 11.5 Å². The Bertz CT molecular complexity index is 615. The van der Waals surface area contributed by atoms with Crippen LogP contribution in [0.1, 0.15) is 5.82 Å². The molecule has 0 atom stereocenters. The van der Waals surface area contributed by atoms with E-state index >= 15 is 0 Å². The van der Waals surface area contributed by atoms with Crippen molar-refractivity contribution in [1.82, 2.24) is 14.6 Å². The average Bonchev–Trinajstić information content (AvgIpc) is 2.61. The van der Waals surface area contributed by atoms with Gasteiger partial charge in [-0.2, -0.15) is 5.10 Å². The maximum atomic E-state index is 4.13. The third-order valence-electron chi connectivity index (χ3n) is 2.38. The fourth-order valence-electron chi connectivity index (χ4n) is 1.66. The summed E-state index contributed by atoms with van der Waals surface area (Å²) in [6.45, 7) is 1.94. The normalized spacial score (nSPS) is 10.5. The smallest absolute Gasteiger partial charge is 0.124 e. The van der Waals surface area contributed by atoms with Crippen molar-refractivity contribution in [2.75, 3.05) is 0 Å². The first-order valence-corrected chi connectivity index (χ1v) is 4.47. The second kappa shape index (κ2) is 3.72. The van der Waals surface area contributed by atoms with Crippen LogP contribution < -0.4 is 0 Å². The SMILES string of the molecule is Cc1nnc2c3[c-]cccc3ccn12.[Ir]. The Morgan fingerprint density at radius 2 is 2.13 bits per heavy atom. The summed E-state index contributed by atoms with van der Waals surface area (Å²) in [5, 5.41) is 10.3. The summed E-state index contributed by atoms with van der Waals surface area (Å²) in [5.41, 5.74) is 0.876. The number of rotatable bonds is 0. The van der Waals surface area contributed by atoms with Gasteiger partial charge < -0.3 is 4.40 Å². The number of pyridine rings is 1. The zero-order chi connectivity index (χ0) is 9.54. The zero-order valence-electron chi connectivity index (χ0n) is 8.06. The molecule has 0 bridgehead atoms. The van der Waals surface area contributed by atoms with E-state index in [1.165, 1.54) is 0 Å². The number of nitrogens with zero attached hydrogens (tertiary/aromatic N) is 3. The molecule has 77 valence electrons. The number of hydrogen-bond donors (Lipinski definition) is 0. The summed E-state index contributed by atoms with van der Waals surface area (Å²) in [6.07, 6.45) is 1.99. The van der Waals surface area contributed by atoms with Crippen LogP contribution in [0.25, 0.3) is 16.4 Å². The molecule has 2 heterocycles. The molecule has 1 aromatic carbocycles. The van der Waals surface area contributed by atoms with Gasteiger partial charge in [-0.05, 0) is 13.1 Å². The first kappa shape index (κ1) is 10.3. The van der Waals surface area contributed by atoms with E-state index < -0.39 is 0 Å². The molecule has 0 aliphatic rings. The van der Waals surface area contributed by atoms with Crippen LogP contribution in [0.4, 0.5) is 0 Å². The maximum Gasteiger partial charge on any atom is 0.124 e. The van der Waals surface area contributed by atoms with Crippen LogP contribution in [0.2, 0.25) is 0 Å². The van der Waals surface area contributed by atoms with E-state index in [9.17, 15) is 0 Å². The van der Waals surface area contributed by atoms with Crippen LogP contribution >= 0.6 is 0 Å². The van der Waals surface area contributed by atoms with Crippen LogP contribution in [0.15, 0.2) is 30.5 Å². The molecule has 0 N–H and O–H groups in total. The predicted molar refractivity (Wildman–Crippen MR) is 54.1 cm³/mol. The summed E-state index contributed by atoms with van der Waals surface area (Å²) in [5.74, 6) is 0.902. The van der Waals surface area contributed by atoms with Crippen LogP contribution in [0.3, 0.4) is 0 Å². The molecule has 1 radical (unpaired) electrons. The fourth-order valence-corrected chi connectivity index (χ4v) is 1.66. The predicted octanol–water partition coefficient (Wildman–Crippen LogP) is 1.99. The topological polar surface area (TPSA) is 30.2 Å². The second-order valence-electron chi connectivity index (χ2n) is 3.26. The molecule has 0 saturated carbocycles. The molecule has 0 saturated heterocycles. The Balaban J connectivity index is 0.000000853. The molecule has 15 heavy (non-hydrogen) atoms. The van der Waals surface area contributed by atoms with E-state index in [0.29, 0.717) is 0 Å². The largest absolute Gasteiger partial charge is 0.328 e. The molecule has 0 aliphatic heterocycles. The Morgan fingerprint density at radius 3 is 3.00 bits per heavy atom. The fraction of sp³-hybridized carbons (Fsp3) is 0.0909. The Morgan fingerprint density at radius 1 is 1.27 bits per heavy atom.